The molecule has 0 bridgehead atoms. The number of methoxy groups -OCH3 is 1. The highest BCUT2D eigenvalue weighted by Gasteiger charge is 2.20. The van der Waals surface area contributed by atoms with Gasteiger partial charge in [0.25, 0.3) is 5.91 Å². The molecule has 1 saturated carbocycles. The number of pyridine rings is 1. The Morgan fingerprint density at radius 3 is 2.62 bits per heavy atom. The Hall–Kier alpha value is -4.57. The zero-order valence-electron chi connectivity index (χ0n) is 26.1. The second-order valence-electron chi connectivity index (χ2n) is 11.8. The highest BCUT2D eigenvalue weighted by molar-refractivity contribution is 6.05. The van der Waals surface area contributed by atoms with E-state index < -0.39 is 0 Å². The number of carbonyl (C=O) groups excluding carboxylic acids is 1. The zero-order chi connectivity index (χ0) is 31.0. The number of rotatable bonds is 11. The maximum atomic E-state index is 13.5. The summed E-state index contributed by atoms with van der Waals surface area (Å²) in [5.74, 6) is 2.71. The van der Waals surface area contributed by atoms with Crippen LogP contribution in [0.2, 0.25) is 0 Å². The van der Waals surface area contributed by atoms with Crippen LogP contribution < -0.4 is 20.1 Å². The van der Waals surface area contributed by atoms with Gasteiger partial charge in [0.2, 0.25) is 11.8 Å². The van der Waals surface area contributed by atoms with Crippen molar-refractivity contribution < 1.29 is 14.3 Å². The molecule has 2 aliphatic rings. The molecule has 6 rings (SSSR count). The number of amides is 1. The van der Waals surface area contributed by atoms with Crippen molar-refractivity contribution in [1.29, 1.82) is 0 Å². The van der Waals surface area contributed by atoms with Crippen molar-refractivity contribution in [1.82, 2.24) is 24.8 Å². The molecule has 0 unspecified atom stereocenters. The summed E-state index contributed by atoms with van der Waals surface area (Å²) in [7, 11) is 1.62. The molecule has 2 aromatic carbocycles. The van der Waals surface area contributed by atoms with Crippen molar-refractivity contribution in [2.24, 2.45) is 0 Å². The van der Waals surface area contributed by atoms with Gasteiger partial charge < -0.3 is 25.0 Å². The molecule has 2 fully saturated rings. The molecule has 2 N–H and O–H groups in total. The number of carbonyl (C=O) groups is 1. The monoisotopic (exact) mass is 607 g/mol. The Bertz CT molecular complexity index is 1620. The maximum Gasteiger partial charge on any atom is 0.255 e. The van der Waals surface area contributed by atoms with E-state index in [0.29, 0.717) is 51.9 Å². The van der Waals surface area contributed by atoms with Gasteiger partial charge in [-0.1, -0.05) is 31.4 Å². The van der Waals surface area contributed by atoms with E-state index in [9.17, 15) is 4.79 Å². The van der Waals surface area contributed by atoms with E-state index in [2.05, 4.69) is 47.6 Å². The first-order valence-electron chi connectivity index (χ1n) is 16.0. The van der Waals surface area contributed by atoms with E-state index in [4.69, 9.17) is 9.47 Å². The minimum atomic E-state index is -0.248. The standard InChI is InChI=1S/C35H41N7O3/c1-24-12-13-27(33(43)40-29-21-26(14-15-30(29)44-2)25-9-4-3-5-10-25)22-31(24)45-34-28(11-8-16-36-34)32-38-23-39-35(41-32)37-17-20-42-18-6-7-19-42/h8,11-16,21-23,25H,3-7,9-10,17-20H2,1-2H3,(H,40,43)(H,37,38,39,41). The van der Waals surface area contributed by atoms with Crippen molar-refractivity contribution in [3.8, 4) is 28.8 Å². The Labute approximate surface area is 264 Å². The molecular weight excluding hydrogens is 566 g/mol. The molecule has 2 aromatic heterocycles. The molecule has 0 radical (unpaired) electrons. The first-order chi connectivity index (χ1) is 22.1. The van der Waals surface area contributed by atoms with Crippen molar-refractivity contribution in [2.75, 3.05) is 43.9 Å². The number of aryl methyl sites for hydroxylation is 1. The lowest BCUT2D eigenvalue weighted by molar-refractivity contribution is 0.102. The van der Waals surface area contributed by atoms with E-state index in [1.807, 2.05) is 31.2 Å². The molecule has 4 aromatic rings. The number of anilines is 2. The number of aromatic nitrogens is 4. The molecule has 1 aliphatic heterocycles. The minimum absolute atomic E-state index is 0.248. The van der Waals surface area contributed by atoms with E-state index in [1.165, 1.54) is 56.8 Å². The van der Waals surface area contributed by atoms with Crippen molar-refractivity contribution in [3.63, 3.8) is 0 Å². The van der Waals surface area contributed by atoms with Crippen molar-refractivity contribution in [3.05, 3.63) is 77.7 Å². The topological polar surface area (TPSA) is 114 Å². The van der Waals surface area contributed by atoms with Gasteiger partial charge in [-0.3, -0.25) is 4.79 Å². The van der Waals surface area contributed by atoms with Crippen LogP contribution in [0.3, 0.4) is 0 Å². The normalized spacial score (nSPS) is 15.5. The molecule has 1 amide bonds. The van der Waals surface area contributed by atoms with Crippen LogP contribution >= 0.6 is 0 Å². The Morgan fingerprint density at radius 1 is 0.956 bits per heavy atom. The first kappa shape index (κ1) is 30.5. The number of benzene rings is 2. The summed E-state index contributed by atoms with van der Waals surface area (Å²) in [5, 5.41) is 6.39. The SMILES string of the molecule is COc1ccc(C2CCCCC2)cc1NC(=O)c1ccc(C)c(Oc2ncccc2-c2ncnc(NCCN3CCCC3)n2)c1. The van der Waals surface area contributed by atoms with E-state index in [0.717, 1.165) is 31.7 Å². The van der Waals surface area contributed by atoms with Gasteiger partial charge in [-0.2, -0.15) is 4.98 Å². The van der Waals surface area contributed by atoms with Gasteiger partial charge >= 0.3 is 0 Å². The van der Waals surface area contributed by atoms with Crippen molar-refractivity contribution >= 4 is 17.5 Å². The summed E-state index contributed by atoms with van der Waals surface area (Å²) in [4.78, 5) is 33.8. The predicted molar refractivity (Wildman–Crippen MR) is 175 cm³/mol. The summed E-state index contributed by atoms with van der Waals surface area (Å²) >= 11 is 0. The second-order valence-corrected chi connectivity index (χ2v) is 11.8. The van der Waals surface area contributed by atoms with E-state index >= 15 is 0 Å². The maximum absolute atomic E-state index is 13.5. The number of nitrogens with one attached hydrogen (secondary N) is 2. The molecule has 1 saturated heterocycles. The molecule has 0 spiro atoms. The number of ether oxygens (including phenoxy) is 2. The van der Waals surface area contributed by atoms with Gasteiger partial charge in [-0.25, -0.2) is 15.0 Å². The van der Waals surface area contributed by atoms with Crippen LogP contribution in [0.4, 0.5) is 11.6 Å². The lowest BCUT2D eigenvalue weighted by atomic mass is 9.84. The van der Waals surface area contributed by atoms with E-state index in [-0.39, 0.29) is 5.91 Å². The molecule has 3 heterocycles. The van der Waals surface area contributed by atoms with Crippen LogP contribution in [-0.4, -0.2) is 64.0 Å². The number of hydrogen-bond donors (Lipinski definition) is 2. The molecule has 10 heteroatoms. The van der Waals surface area contributed by atoms with Gasteiger partial charge in [-0.15, -0.1) is 0 Å². The fourth-order valence-electron chi connectivity index (χ4n) is 6.15. The second kappa shape index (κ2) is 14.5. The quantitative estimate of drug-likeness (QED) is 0.189. The van der Waals surface area contributed by atoms with Gasteiger partial charge in [0.1, 0.15) is 17.8 Å². The third kappa shape index (κ3) is 7.57. The van der Waals surface area contributed by atoms with Gasteiger partial charge in [0, 0.05) is 24.8 Å². The smallest absolute Gasteiger partial charge is 0.255 e. The zero-order valence-corrected chi connectivity index (χ0v) is 26.1. The first-order valence-corrected chi connectivity index (χ1v) is 16.0. The minimum Gasteiger partial charge on any atom is -0.495 e. The van der Waals surface area contributed by atoms with Crippen molar-refractivity contribution in [2.45, 2.75) is 57.8 Å². The number of likely N-dealkylation sites (tertiary alicyclic amines) is 1. The lowest BCUT2D eigenvalue weighted by Crippen LogP contribution is -2.26. The molecule has 45 heavy (non-hydrogen) atoms. The molecular formula is C35H41N7O3. The largest absolute Gasteiger partial charge is 0.495 e. The predicted octanol–water partition coefficient (Wildman–Crippen LogP) is 6.85. The summed E-state index contributed by atoms with van der Waals surface area (Å²) in [6.07, 6.45) is 11.8. The molecule has 0 atom stereocenters. The average molecular weight is 608 g/mol. The van der Waals surface area contributed by atoms with Crippen LogP contribution in [0.15, 0.2) is 61.1 Å². The lowest BCUT2D eigenvalue weighted by Gasteiger charge is -2.23. The highest BCUT2D eigenvalue weighted by atomic mass is 16.5. The Balaban J connectivity index is 1.18. The summed E-state index contributed by atoms with van der Waals surface area (Å²) in [5.41, 5.74) is 3.86. The summed E-state index contributed by atoms with van der Waals surface area (Å²) in [6, 6.07) is 15.2. The van der Waals surface area contributed by atoms with Crippen LogP contribution in [-0.2, 0) is 0 Å². The van der Waals surface area contributed by atoms with Crippen LogP contribution in [0, 0.1) is 6.92 Å². The van der Waals surface area contributed by atoms with Gasteiger partial charge in [0.15, 0.2) is 5.82 Å². The van der Waals surface area contributed by atoms with Gasteiger partial charge in [-0.05, 0) is 99.1 Å². The summed E-state index contributed by atoms with van der Waals surface area (Å²) < 4.78 is 11.9. The molecule has 1 aliphatic carbocycles. The number of hydrogen-bond acceptors (Lipinski definition) is 9. The average Bonchev–Trinajstić information content (AvgIpc) is 3.60. The Morgan fingerprint density at radius 2 is 1.80 bits per heavy atom. The van der Waals surface area contributed by atoms with Crippen LogP contribution in [0.25, 0.3) is 11.4 Å². The molecule has 234 valence electrons. The van der Waals surface area contributed by atoms with Gasteiger partial charge in [0.05, 0.1) is 18.4 Å². The third-order valence-corrected chi connectivity index (χ3v) is 8.70. The fraction of sp³-hybridized carbons (Fsp3) is 0.400. The van der Waals surface area contributed by atoms with Crippen LogP contribution in [0.5, 0.6) is 17.4 Å². The summed E-state index contributed by atoms with van der Waals surface area (Å²) in [6.45, 7) is 5.92. The fourth-order valence-corrected chi connectivity index (χ4v) is 6.15. The number of nitrogens with zero attached hydrogens (tertiary/aromatic N) is 5. The third-order valence-electron chi connectivity index (χ3n) is 8.70. The molecule has 10 nitrogen and oxygen atoms in total. The highest BCUT2D eigenvalue weighted by Crippen LogP contribution is 2.37. The van der Waals surface area contributed by atoms with E-state index in [1.54, 1.807) is 25.4 Å². The Kier molecular flexibility index (Phi) is 9.80. The van der Waals surface area contributed by atoms with Crippen LogP contribution in [0.1, 0.15) is 72.3 Å².